The highest BCUT2D eigenvalue weighted by Crippen LogP contribution is 2.18. The van der Waals surface area contributed by atoms with Gasteiger partial charge in [0.2, 0.25) is 0 Å². The van der Waals surface area contributed by atoms with Crippen LogP contribution in [0.3, 0.4) is 0 Å². The fourth-order valence-corrected chi connectivity index (χ4v) is 1.15. The highest BCUT2D eigenvalue weighted by Gasteiger charge is 2.31. The molecular formula is C9H18O5. The van der Waals surface area contributed by atoms with Crippen molar-refractivity contribution in [3.05, 3.63) is 0 Å². The van der Waals surface area contributed by atoms with E-state index >= 15 is 0 Å². The van der Waals surface area contributed by atoms with Gasteiger partial charge in [0.05, 0.1) is 45.1 Å². The van der Waals surface area contributed by atoms with E-state index in [-0.39, 0.29) is 32.5 Å². The van der Waals surface area contributed by atoms with Crippen LogP contribution >= 0.6 is 0 Å². The average Bonchev–Trinajstić information content (AvgIpc) is 3.00. The summed E-state index contributed by atoms with van der Waals surface area (Å²) in [5.41, 5.74) is -0.691. The van der Waals surface area contributed by atoms with Gasteiger partial charge in [0.25, 0.3) is 0 Å². The summed E-state index contributed by atoms with van der Waals surface area (Å²) in [5.74, 6) is 0. The summed E-state index contributed by atoms with van der Waals surface area (Å²) in [5, 5.41) is 18.3. The second-order valence-corrected chi connectivity index (χ2v) is 3.72. The lowest BCUT2D eigenvalue weighted by atomic mass is 9.92. The standard InChI is InChI=1S/C9H18O5/c1-12-6-9(4-10,5-11)7-13-2-8-3-14-8/h8,10-11H,2-7H2,1H3. The quantitative estimate of drug-likeness (QED) is 0.499. The highest BCUT2D eigenvalue weighted by atomic mass is 16.6. The maximum Gasteiger partial charge on any atom is 0.104 e. The van der Waals surface area contributed by atoms with E-state index in [2.05, 4.69) is 0 Å². The lowest BCUT2D eigenvalue weighted by Gasteiger charge is -2.28. The second kappa shape index (κ2) is 5.63. The van der Waals surface area contributed by atoms with E-state index in [1.807, 2.05) is 0 Å². The normalized spacial score (nSPS) is 21.2. The maximum absolute atomic E-state index is 9.14. The molecule has 0 aromatic rings. The van der Waals surface area contributed by atoms with Crippen LogP contribution < -0.4 is 0 Å². The zero-order valence-corrected chi connectivity index (χ0v) is 8.44. The molecule has 14 heavy (non-hydrogen) atoms. The molecule has 1 rings (SSSR count). The molecule has 0 spiro atoms. The summed E-state index contributed by atoms with van der Waals surface area (Å²) in [6.07, 6.45) is 0.202. The monoisotopic (exact) mass is 206 g/mol. The van der Waals surface area contributed by atoms with Gasteiger partial charge in [0.1, 0.15) is 6.10 Å². The number of aliphatic hydroxyl groups excluding tert-OH is 2. The van der Waals surface area contributed by atoms with E-state index in [4.69, 9.17) is 24.4 Å². The zero-order valence-electron chi connectivity index (χ0n) is 8.44. The molecule has 1 fully saturated rings. The van der Waals surface area contributed by atoms with Crippen molar-refractivity contribution in [2.24, 2.45) is 5.41 Å². The first-order chi connectivity index (χ1) is 6.76. The van der Waals surface area contributed by atoms with Gasteiger partial charge in [-0.15, -0.1) is 0 Å². The fraction of sp³-hybridized carbons (Fsp3) is 1.00. The minimum Gasteiger partial charge on any atom is -0.396 e. The van der Waals surface area contributed by atoms with Gasteiger partial charge < -0.3 is 24.4 Å². The van der Waals surface area contributed by atoms with Crippen molar-refractivity contribution in [2.45, 2.75) is 6.10 Å². The number of epoxide rings is 1. The van der Waals surface area contributed by atoms with Crippen LogP contribution in [0, 0.1) is 5.41 Å². The number of ether oxygens (including phenoxy) is 3. The van der Waals surface area contributed by atoms with Crippen LogP contribution in [-0.2, 0) is 14.2 Å². The Hall–Kier alpha value is -0.200. The zero-order chi connectivity index (χ0) is 10.4. The molecule has 1 aliphatic rings. The van der Waals surface area contributed by atoms with E-state index < -0.39 is 5.41 Å². The molecule has 84 valence electrons. The van der Waals surface area contributed by atoms with E-state index in [0.717, 1.165) is 6.61 Å². The molecule has 1 heterocycles. The first-order valence-corrected chi connectivity index (χ1v) is 4.66. The van der Waals surface area contributed by atoms with Gasteiger partial charge in [-0.05, 0) is 0 Å². The summed E-state index contributed by atoms with van der Waals surface area (Å²) in [6, 6.07) is 0. The van der Waals surface area contributed by atoms with Crippen LogP contribution in [-0.4, -0.2) is 63.1 Å². The van der Waals surface area contributed by atoms with Crippen LogP contribution in [0.2, 0.25) is 0 Å². The lowest BCUT2D eigenvalue weighted by Crippen LogP contribution is -2.39. The number of hydrogen-bond donors (Lipinski definition) is 2. The number of methoxy groups -OCH3 is 1. The number of hydrogen-bond acceptors (Lipinski definition) is 5. The largest absolute Gasteiger partial charge is 0.396 e. The Bertz CT molecular complexity index is 153. The highest BCUT2D eigenvalue weighted by molar-refractivity contribution is 4.78. The third kappa shape index (κ3) is 3.51. The van der Waals surface area contributed by atoms with E-state index in [0.29, 0.717) is 6.61 Å². The van der Waals surface area contributed by atoms with Gasteiger partial charge in [-0.3, -0.25) is 0 Å². The van der Waals surface area contributed by atoms with Crippen LogP contribution in [0.1, 0.15) is 0 Å². The summed E-state index contributed by atoms with van der Waals surface area (Å²) >= 11 is 0. The first kappa shape index (κ1) is 11.9. The number of rotatable bonds is 8. The molecule has 1 saturated heterocycles. The SMILES string of the molecule is COCC(CO)(CO)COCC1CO1. The average molecular weight is 206 g/mol. The Morgan fingerprint density at radius 2 is 2.00 bits per heavy atom. The van der Waals surface area contributed by atoms with Crippen molar-refractivity contribution < 1.29 is 24.4 Å². The topological polar surface area (TPSA) is 71.5 Å². The van der Waals surface area contributed by atoms with Gasteiger partial charge in [-0.2, -0.15) is 0 Å². The van der Waals surface area contributed by atoms with Crippen LogP contribution in [0.4, 0.5) is 0 Å². The summed E-state index contributed by atoms with van der Waals surface area (Å²) in [7, 11) is 1.53. The molecular weight excluding hydrogens is 188 g/mol. The fourth-order valence-electron chi connectivity index (χ4n) is 1.15. The Kier molecular flexibility index (Phi) is 4.77. The van der Waals surface area contributed by atoms with Crippen molar-refractivity contribution in [1.82, 2.24) is 0 Å². The smallest absolute Gasteiger partial charge is 0.104 e. The molecule has 0 radical (unpaired) electrons. The molecule has 0 aromatic heterocycles. The van der Waals surface area contributed by atoms with Crippen molar-refractivity contribution in [2.75, 3.05) is 46.8 Å². The summed E-state index contributed by atoms with van der Waals surface area (Å²) in [6.45, 7) is 1.53. The maximum atomic E-state index is 9.14. The Morgan fingerprint density at radius 1 is 1.36 bits per heavy atom. The van der Waals surface area contributed by atoms with Crippen molar-refractivity contribution >= 4 is 0 Å². The Balaban J connectivity index is 2.23. The van der Waals surface area contributed by atoms with Crippen LogP contribution in [0.5, 0.6) is 0 Å². The van der Waals surface area contributed by atoms with E-state index in [9.17, 15) is 0 Å². The molecule has 1 aliphatic heterocycles. The van der Waals surface area contributed by atoms with E-state index in [1.54, 1.807) is 0 Å². The lowest BCUT2D eigenvalue weighted by molar-refractivity contribution is -0.0693. The molecule has 0 amide bonds. The van der Waals surface area contributed by atoms with Crippen LogP contribution in [0.25, 0.3) is 0 Å². The number of aliphatic hydroxyl groups is 2. The molecule has 1 atom stereocenters. The first-order valence-electron chi connectivity index (χ1n) is 4.66. The Morgan fingerprint density at radius 3 is 2.43 bits per heavy atom. The molecule has 5 nitrogen and oxygen atoms in total. The molecule has 0 saturated carbocycles. The molecule has 1 unspecified atom stereocenters. The van der Waals surface area contributed by atoms with Crippen molar-refractivity contribution in [1.29, 1.82) is 0 Å². The predicted octanol–water partition coefficient (Wildman–Crippen LogP) is -0.981. The molecule has 5 heteroatoms. The van der Waals surface area contributed by atoms with Gasteiger partial charge in [-0.25, -0.2) is 0 Å². The van der Waals surface area contributed by atoms with Gasteiger partial charge in [0.15, 0.2) is 0 Å². The predicted molar refractivity (Wildman–Crippen MR) is 49.0 cm³/mol. The van der Waals surface area contributed by atoms with Gasteiger partial charge in [-0.1, -0.05) is 0 Å². The minimum absolute atomic E-state index is 0.150. The minimum atomic E-state index is -0.691. The van der Waals surface area contributed by atoms with Crippen molar-refractivity contribution in [3.63, 3.8) is 0 Å². The molecule has 0 aromatic carbocycles. The van der Waals surface area contributed by atoms with Crippen LogP contribution in [0.15, 0.2) is 0 Å². The Labute approximate surface area is 83.6 Å². The van der Waals surface area contributed by atoms with Gasteiger partial charge in [0, 0.05) is 7.11 Å². The van der Waals surface area contributed by atoms with E-state index in [1.165, 1.54) is 7.11 Å². The van der Waals surface area contributed by atoms with Gasteiger partial charge >= 0.3 is 0 Å². The summed E-state index contributed by atoms with van der Waals surface area (Å²) in [4.78, 5) is 0. The van der Waals surface area contributed by atoms with Crippen molar-refractivity contribution in [3.8, 4) is 0 Å². The molecule has 0 aliphatic carbocycles. The second-order valence-electron chi connectivity index (χ2n) is 3.72. The molecule has 0 bridgehead atoms. The third-order valence-electron chi connectivity index (χ3n) is 2.24. The third-order valence-corrected chi connectivity index (χ3v) is 2.24. The summed E-state index contributed by atoms with van der Waals surface area (Å²) < 4.78 is 15.2. The molecule has 2 N–H and O–H groups in total.